The van der Waals surface area contributed by atoms with E-state index < -0.39 is 29.5 Å². The maximum atomic E-state index is 13.8. The van der Waals surface area contributed by atoms with Gasteiger partial charge in [0.25, 0.3) is 0 Å². The average molecular weight is 649 g/mol. The highest BCUT2D eigenvalue weighted by Crippen LogP contribution is 2.37. The Bertz CT molecular complexity index is 1140. The van der Waals surface area contributed by atoms with Crippen LogP contribution in [0.15, 0.2) is 36.4 Å². The number of benzene rings is 2. The van der Waals surface area contributed by atoms with Gasteiger partial charge in [-0.05, 0) is 61.7 Å². The van der Waals surface area contributed by atoms with Gasteiger partial charge >= 0.3 is 12.4 Å². The number of hydrogen-bond donors (Lipinski definition) is 0. The minimum Gasteiger partial charge on any atom is -0.493 e. The number of ether oxygens (including phenoxy) is 2. The Morgan fingerprint density at radius 3 is 1.79 bits per heavy atom. The topological polar surface area (TPSA) is 45.2 Å². The first-order chi connectivity index (χ1) is 18.6. The third kappa shape index (κ3) is 9.29. The molecule has 1 aliphatic heterocycles. The molecule has 0 spiro atoms. The Kier molecular flexibility index (Phi) is 13.8. The van der Waals surface area contributed by atoms with Gasteiger partial charge < -0.3 is 14.4 Å². The van der Waals surface area contributed by atoms with Crippen LogP contribution in [-0.4, -0.2) is 80.6 Å². The van der Waals surface area contributed by atoms with Crippen molar-refractivity contribution in [2.75, 3.05) is 54.0 Å². The van der Waals surface area contributed by atoms with Gasteiger partial charge in [0.2, 0.25) is 5.91 Å². The number of methoxy groups -OCH3 is 2. The molecule has 1 atom stereocenters. The Morgan fingerprint density at radius 1 is 0.833 bits per heavy atom. The van der Waals surface area contributed by atoms with Crippen LogP contribution in [0, 0.1) is 0 Å². The summed E-state index contributed by atoms with van der Waals surface area (Å²) in [6, 6.07) is 6.28. The van der Waals surface area contributed by atoms with Gasteiger partial charge in [-0.3, -0.25) is 14.6 Å². The predicted molar refractivity (Wildman–Crippen MR) is 153 cm³/mol. The molecular formula is C28H37Cl2F6N3O3. The normalized spacial score (nSPS) is 15.4. The third-order valence-electron chi connectivity index (χ3n) is 7.16. The first kappa shape index (κ1) is 37.6. The third-order valence-corrected chi connectivity index (χ3v) is 7.16. The Balaban J connectivity index is 0.00000441. The fourth-order valence-electron chi connectivity index (χ4n) is 4.82. The van der Waals surface area contributed by atoms with Crippen LogP contribution in [0.1, 0.15) is 42.1 Å². The lowest BCUT2D eigenvalue weighted by atomic mass is 10.0. The number of nitrogens with zero attached hydrogens (tertiary/aromatic N) is 3. The van der Waals surface area contributed by atoms with Gasteiger partial charge in [-0.15, -0.1) is 24.8 Å². The van der Waals surface area contributed by atoms with E-state index >= 15 is 0 Å². The first-order valence-corrected chi connectivity index (χ1v) is 12.9. The summed E-state index contributed by atoms with van der Waals surface area (Å²) < 4.78 is 90.5. The molecule has 1 heterocycles. The Hall–Kier alpha value is -2.41. The Labute approximate surface area is 254 Å². The van der Waals surface area contributed by atoms with Crippen molar-refractivity contribution in [3.05, 3.63) is 58.7 Å². The largest absolute Gasteiger partial charge is 0.493 e. The molecule has 1 aliphatic rings. The molecule has 2 aromatic rings. The van der Waals surface area contributed by atoms with Crippen molar-refractivity contribution in [2.24, 2.45) is 0 Å². The van der Waals surface area contributed by atoms with Crippen molar-refractivity contribution in [1.82, 2.24) is 14.7 Å². The number of amides is 1. The molecular weight excluding hydrogens is 611 g/mol. The molecule has 2 aromatic carbocycles. The van der Waals surface area contributed by atoms with E-state index in [-0.39, 0.29) is 55.3 Å². The number of hydrogen-bond acceptors (Lipinski definition) is 5. The summed E-state index contributed by atoms with van der Waals surface area (Å²) in [7, 11) is 4.48. The van der Waals surface area contributed by atoms with E-state index in [9.17, 15) is 31.1 Å². The summed E-state index contributed by atoms with van der Waals surface area (Å²) in [5.41, 5.74) is -2.27. The maximum Gasteiger partial charge on any atom is 0.416 e. The molecule has 1 fully saturated rings. The lowest BCUT2D eigenvalue weighted by Crippen LogP contribution is -2.52. The quantitative estimate of drug-likeness (QED) is 0.297. The Morgan fingerprint density at radius 2 is 1.33 bits per heavy atom. The second-order valence-electron chi connectivity index (χ2n) is 10.1. The minimum absolute atomic E-state index is 0. The summed E-state index contributed by atoms with van der Waals surface area (Å²) in [6.45, 7) is 6.79. The molecule has 1 unspecified atom stereocenters. The van der Waals surface area contributed by atoms with E-state index in [4.69, 9.17) is 9.47 Å². The van der Waals surface area contributed by atoms with Gasteiger partial charge in [0.1, 0.15) is 6.04 Å². The molecule has 1 amide bonds. The second kappa shape index (κ2) is 15.4. The number of alkyl halides is 6. The number of carbonyl (C=O) groups is 1. The van der Waals surface area contributed by atoms with E-state index in [1.165, 1.54) is 26.2 Å². The number of rotatable bonds is 9. The van der Waals surface area contributed by atoms with Crippen molar-refractivity contribution in [3.8, 4) is 11.5 Å². The number of piperazine rings is 1. The van der Waals surface area contributed by atoms with Crippen LogP contribution in [-0.2, 0) is 23.6 Å². The second-order valence-corrected chi connectivity index (χ2v) is 10.1. The molecule has 0 aliphatic carbocycles. The van der Waals surface area contributed by atoms with Crippen LogP contribution >= 0.6 is 24.8 Å². The molecule has 0 N–H and O–H groups in total. The summed E-state index contributed by atoms with van der Waals surface area (Å²) in [5, 5.41) is 0. The van der Waals surface area contributed by atoms with Crippen molar-refractivity contribution >= 4 is 30.7 Å². The molecule has 1 saturated heterocycles. The van der Waals surface area contributed by atoms with E-state index in [0.29, 0.717) is 48.3 Å². The van der Waals surface area contributed by atoms with Crippen molar-refractivity contribution in [1.29, 1.82) is 0 Å². The van der Waals surface area contributed by atoms with Gasteiger partial charge in [-0.25, -0.2) is 0 Å². The highest BCUT2D eigenvalue weighted by Gasteiger charge is 2.37. The molecule has 42 heavy (non-hydrogen) atoms. The van der Waals surface area contributed by atoms with E-state index in [1.807, 2.05) is 4.90 Å². The fourth-order valence-corrected chi connectivity index (χ4v) is 4.82. The van der Waals surface area contributed by atoms with Gasteiger partial charge in [0.05, 0.1) is 25.3 Å². The van der Waals surface area contributed by atoms with Crippen molar-refractivity contribution in [2.45, 2.75) is 44.7 Å². The zero-order valence-corrected chi connectivity index (χ0v) is 25.6. The van der Waals surface area contributed by atoms with Crippen molar-refractivity contribution in [3.63, 3.8) is 0 Å². The molecule has 14 heteroatoms. The van der Waals surface area contributed by atoms with Crippen LogP contribution in [0.3, 0.4) is 0 Å². The van der Waals surface area contributed by atoms with Gasteiger partial charge in [0, 0.05) is 45.8 Å². The van der Waals surface area contributed by atoms with Crippen LogP contribution in [0.25, 0.3) is 0 Å². The summed E-state index contributed by atoms with van der Waals surface area (Å²) >= 11 is 0. The molecule has 3 rings (SSSR count). The van der Waals surface area contributed by atoms with Crippen LogP contribution < -0.4 is 9.47 Å². The zero-order valence-electron chi connectivity index (χ0n) is 24.0. The van der Waals surface area contributed by atoms with Gasteiger partial charge in [-0.2, -0.15) is 26.3 Å². The van der Waals surface area contributed by atoms with E-state index in [2.05, 4.69) is 18.7 Å². The van der Waals surface area contributed by atoms with Gasteiger partial charge in [-0.1, -0.05) is 6.07 Å². The summed E-state index contributed by atoms with van der Waals surface area (Å²) in [5.74, 6) is 0.596. The minimum atomic E-state index is -4.94. The number of likely N-dealkylation sites (N-methyl/N-ethyl adjacent to an activating group) is 1. The molecule has 0 aromatic heterocycles. The lowest BCUT2D eigenvalue weighted by Gasteiger charge is -2.41. The highest BCUT2D eigenvalue weighted by molar-refractivity contribution is 5.85. The van der Waals surface area contributed by atoms with E-state index in [0.717, 1.165) is 13.1 Å². The number of halogens is 8. The maximum absolute atomic E-state index is 13.8. The standard InChI is InChI=1S/C28H35F6N3O3.2ClH/c1-18(2)36-10-12-37(13-11-36)25(20-6-7-23(39-4)24(16-20)40-5)26(38)35(3)9-8-19-14-21(27(29,30)31)17-22(15-19)28(32,33)34;;/h6-7,14-18,25H,8-13H2,1-5H3;2*1H. The van der Waals surface area contributed by atoms with Crippen LogP contribution in [0.2, 0.25) is 0 Å². The average Bonchev–Trinajstić information content (AvgIpc) is 2.90. The van der Waals surface area contributed by atoms with Crippen LogP contribution in [0.4, 0.5) is 26.3 Å². The highest BCUT2D eigenvalue weighted by atomic mass is 35.5. The monoisotopic (exact) mass is 647 g/mol. The summed E-state index contributed by atoms with van der Waals surface area (Å²) in [4.78, 5) is 19.5. The molecule has 238 valence electrons. The fraction of sp³-hybridized carbons (Fsp3) is 0.536. The van der Waals surface area contributed by atoms with Crippen molar-refractivity contribution < 1.29 is 40.6 Å². The van der Waals surface area contributed by atoms with E-state index in [1.54, 1.807) is 18.2 Å². The SMILES string of the molecule is COc1ccc(C(C(=O)N(C)CCc2cc(C(F)(F)F)cc(C(F)(F)F)c2)N2CCN(C(C)C)CC2)cc1OC.Cl.Cl. The molecule has 0 radical (unpaired) electrons. The molecule has 6 nitrogen and oxygen atoms in total. The molecule has 0 saturated carbocycles. The summed E-state index contributed by atoms with van der Waals surface area (Å²) in [6.07, 6.45) is -10.1. The number of carbonyl (C=O) groups excluding carboxylic acids is 1. The van der Waals surface area contributed by atoms with Crippen LogP contribution in [0.5, 0.6) is 11.5 Å². The smallest absolute Gasteiger partial charge is 0.416 e. The predicted octanol–water partition coefficient (Wildman–Crippen LogP) is 6.35. The molecule has 0 bridgehead atoms. The zero-order chi connectivity index (χ0) is 29.8. The first-order valence-electron chi connectivity index (χ1n) is 12.9. The lowest BCUT2D eigenvalue weighted by molar-refractivity contribution is -0.143. The van der Waals surface area contributed by atoms with Gasteiger partial charge in [0.15, 0.2) is 11.5 Å².